The van der Waals surface area contributed by atoms with Gasteiger partial charge in [0.1, 0.15) is 17.3 Å². The summed E-state index contributed by atoms with van der Waals surface area (Å²) < 4.78 is 7.35. The number of nitrogen functional groups attached to an aromatic ring is 1. The fourth-order valence-corrected chi connectivity index (χ4v) is 3.09. The Balaban J connectivity index is 1.84. The molecule has 2 N–H and O–H groups in total. The summed E-state index contributed by atoms with van der Waals surface area (Å²) in [5, 5.41) is 5.54. The molecule has 1 saturated heterocycles. The standard InChI is InChI=1S/C17H21N7O/c1-11(2)24-12-3-5-19-16(18)14(12)15(22-24)17-20-6-4-13(21-17)23-7-9-25-10-8-23/h3-6,11H,7-10H2,1-2H3,(H2,18,19). The van der Waals surface area contributed by atoms with Gasteiger partial charge in [-0.1, -0.05) is 0 Å². The van der Waals surface area contributed by atoms with Gasteiger partial charge in [-0.15, -0.1) is 0 Å². The molecule has 0 unspecified atom stereocenters. The second-order valence-electron chi connectivity index (χ2n) is 6.32. The van der Waals surface area contributed by atoms with Gasteiger partial charge in [0.05, 0.1) is 24.1 Å². The van der Waals surface area contributed by atoms with Gasteiger partial charge in [0.25, 0.3) is 0 Å². The number of hydrogen-bond acceptors (Lipinski definition) is 7. The van der Waals surface area contributed by atoms with Crippen LogP contribution >= 0.6 is 0 Å². The van der Waals surface area contributed by atoms with Crippen LogP contribution in [0.5, 0.6) is 0 Å². The minimum Gasteiger partial charge on any atom is -0.383 e. The molecule has 3 aromatic heterocycles. The van der Waals surface area contributed by atoms with Gasteiger partial charge < -0.3 is 15.4 Å². The molecular formula is C17H21N7O. The van der Waals surface area contributed by atoms with E-state index >= 15 is 0 Å². The Morgan fingerprint density at radius 2 is 1.88 bits per heavy atom. The average molecular weight is 339 g/mol. The second kappa shape index (κ2) is 6.29. The van der Waals surface area contributed by atoms with Crippen molar-refractivity contribution in [3.8, 4) is 11.5 Å². The van der Waals surface area contributed by atoms with E-state index in [-0.39, 0.29) is 6.04 Å². The molecule has 130 valence electrons. The van der Waals surface area contributed by atoms with Crippen LogP contribution in [0.4, 0.5) is 11.6 Å². The highest BCUT2D eigenvalue weighted by Crippen LogP contribution is 2.31. The van der Waals surface area contributed by atoms with Gasteiger partial charge in [-0.2, -0.15) is 5.10 Å². The lowest BCUT2D eigenvalue weighted by Crippen LogP contribution is -2.36. The molecule has 4 heterocycles. The van der Waals surface area contributed by atoms with Crippen molar-refractivity contribution in [3.05, 3.63) is 24.5 Å². The van der Waals surface area contributed by atoms with Crippen molar-refractivity contribution in [1.29, 1.82) is 0 Å². The molecule has 1 fully saturated rings. The predicted molar refractivity (Wildman–Crippen MR) is 96.4 cm³/mol. The van der Waals surface area contributed by atoms with Crippen molar-refractivity contribution in [2.24, 2.45) is 0 Å². The van der Waals surface area contributed by atoms with Crippen LogP contribution in [0, 0.1) is 0 Å². The van der Waals surface area contributed by atoms with Gasteiger partial charge in [-0.25, -0.2) is 15.0 Å². The molecule has 0 amide bonds. The summed E-state index contributed by atoms with van der Waals surface area (Å²) in [5.41, 5.74) is 7.75. The molecule has 0 saturated carbocycles. The van der Waals surface area contributed by atoms with E-state index in [0.29, 0.717) is 30.5 Å². The van der Waals surface area contributed by atoms with E-state index in [0.717, 1.165) is 29.8 Å². The summed E-state index contributed by atoms with van der Waals surface area (Å²) in [6.45, 7) is 7.22. The maximum Gasteiger partial charge on any atom is 0.182 e. The number of rotatable bonds is 3. The molecule has 0 atom stereocenters. The summed E-state index contributed by atoms with van der Waals surface area (Å²) in [7, 11) is 0. The molecule has 0 aliphatic carbocycles. The number of nitrogens with zero attached hydrogens (tertiary/aromatic N) is 6. The number of nitrogens with two attached hydrogens (primary N) is 1. The van der Waals surface area contributed by atoms with E-state index in [1.807, 2.05) is 16.8 Å². The van der Waals surface area contributed by atoms with E-state index in [9.17, 15) is 0 Å². The molecule has 1 aliphatic heterocycles. The van der Waals surface area contributed by atoms with Crippen LogP contribution in [0.25, 0.3) is 22.4 Å². The highest BCUT2D eigenvalue weighted by Gasteiger charge is 2.20. The summed E-state index contributed by atoms with van der Waals surface area (Å²) in [6, 6.07) is 4.03. The summed E-state index contributed by atoms with van der Waals surface area (Å²) in [6.07, 6.45) is 3.47. The number of aromatic nitrogens is 5. The lowest BCUT2D eigenvalue weighted by atomic mass is 10.2. The van der Waals surface area contributed by atoms with Gasteiger partial charge in [0.15, 0.2) is 5.82 Å². The van der Waals surface area contributed by atoms with E-state index in [2.05, 4.69) is 28.7 Å². The average Bonchev–Trinajstić information content (AvgIpc) is 3.04. The normalized spacial score (nSPS) is 15.2. The van der Waals surface area contributed by atoms with Crippen molar-refractivity contribution < 1.29 is 4.74 Å². The largest absolute Gasteiger partial charge is 0.383 e. The maximum absolute atomic E-state index is 6.14. The minimum absolute atomic E-state index is 0.195. The molecule has 0 aromatic carbocycles. The number of pyridine rings is 1. The minimum atomic E-state index is 0.195. The van der Waals surface area contributed by atoms with Crippen molar-refractivity contribution >= 4 is 22.5 Å². The molecule has 0 radical (unpaired) electrons. The van der Waals surface area contributed by atoms with Crippen LogP contribution in [0.3, 0.4) is 0 Å². The molecule has 0 spiro atoms. The van der Waals surface area contributed by atoms with Crippen LogP contribution in [-0.4, -0.2) is 51.0 Å². The van der Waals surface area contributed by atoms with Crippen LogP contribution in [-0.2, 0) is 4.74 Å². The van der Waals surface area contributed by atoms with Gasteiger partial charge in [0, 0.05) is 31.5 Å². The second-order valence-corrected chi connectivity index (χ2v) is 6.32. The molecule has 4 rings (SSSR count). The predicted octanol–water partition coefficient (Wildman–Crippen LogP) is 1.89. The SMILES string of the molecule is CC(C)n1nc(-c2nccc(N3CCOCC3)n2)c2c(N)nccc21. The Hall–Kier alpha value is -2.74. The highest BCUT2D eigenvalue weighted by atomic mass is 16.5. The molecule has 8 nitrogen and oxygen atoms in total. The number of hydrogen-bond donors (Lipinski definition) is 1. The molecular weight excluding hydrogens is 318 g/mol. The van der Waals surface area contributed by atoms with Crippen LogP contribution in [0.15, 0.2) is 24.5 Å². The third-order valence-corrected chi connectivity index (χ3v) is 4.33. The smallest absolute Gasteiger partial charge is 0.182 e. The third-order valence-electron chi connectivity index (χ3n) is 4.33. The van der Waals surface area contributed by atoms with E-state index in [4.69, 9.17) is 20.6 Å². The monoisotopic (exact) mass is 339 g/mol. The molecule has 0 bridgehead atoms. The number of morpholine rings is 1. The number of anilines is 2. The van der Waals surface area contributed by atoms with Gasteiger partial charge >= 0.3 is 0 Å². The first-order valence-electron chi connectivity index (χ1n) is 8.44. The maximum atomic E-state index is 6.14. The Kier molecular flexibility index (Phi) is 3.96. The van der Waals surface area contributed by atoms with E-state index in [1.54, 1.807) is 12.4 Å². The van der Waals surface area contributed by atoms with Gasteiger partial charge in [-0.05, 0) is 26.0 Å². The first kappa shape index (κ1) is 15.8. The Labute approximate surface area is 145 Å². The topological polar surface area (TPSA) is 95.0 Å². The van der Waals surface area contributed by atoms with Gasteiger partial charge in [0.2, 0.25) is 0 Å². The first-order valence-corrected chi connectivity index (χ1v) is 8.44. The van der Waals surface area contributed by atoms with Crippen molar-refractivity contribution in [2.45, 2.75) is 19.9 Å². The zero-order valence-electron chi connectivity index (χ0n) is 14.4. The molecule has 1 aliphatic rings. The highest BCUT2D eigenvalue weighted by molar-refractivity contribution is 5.99. The zero-order valence-corrected chi connectivity index (χ0v) is 14.4. The van der Waals surface area contributed by atoms with Crippen LogP contribution in [0.2, 0.25) is 0 Å². The third kappa shape index (κ3) is 2.78. The Morgan fingerprint density at radius 3 is 2.64 bits per heavy atom. The fraction of sp³-hybridized carbons (Fsp3) is 0.412. The van der Waals surface area contributed by atoms with Crippen molar-refractivity contribution in [3.63, 3.8) is 0 Å². The summed E-state index contributed by atoms with van der Waals surface area (Å²) >= 11 is 0. The quantitative estimate of drug-likeness (QED) is 0.778. The number of ether oxygens (including phenoxy) is 1. The zero-order chi connectivity index (χ0) is 17.4. The first-order chi connectivity index (χ1) is 12.1. The van der Waals surface area contributed by atoms with Gasteiger partial charge in [-0.3, -0.25) is 4.68 Å². The van der Waals surface area contributed by atoms with Crippen molar-refractivity contribution in [2.75, 3.05) is 36.9 Å². The van der Waals surface area contributed by atoms with Crippen LogP contribution in [0.1, 0.15) is 19.9 Å². The fourth-order valence-electron chi connectivity index (χ4n) is 3.09. The van der Waals surface area contributed by atoms with Crippen molar-refractivity contribution in [1.82, 2.24) is 24.7 Å². The molecule has 8 heteroatoms. The lowest BCUT2D eigenvalue weighted by Gasteiger charge is -2.27. The summed E-state index contributed by atoms with van der Waals surface area (Å²) in [4.78, 5) is 15.6. The molecule has 25 heavy (non-hydrogen) atoms. The lowest BCUT2D eigenvalue weighted by molar-refractivity contribution is 0.122. The number of fused-ring (bicyclic) bond motifs is 1. The summed E-state index contributed by atoms with van der Waals surface area (Å²) in [5.74, 6) is 1.89. The van der Waals surface area contributed by atoms with Crippen LogP contribution < -0.4 is 10.6 Å². The van der Waals surface area contributed by atoms with E-state index in [1.165, 1.54) is 0 Å². The Morgan fingerprint density at radius 1 is 1.12 bits per heavy atom. The van der Waals surface area contributed by atoms with E-state index < -0.39 is 0 Å². The Bertz CT molecular complexity index is 899. The molecule has 3 aromatic rings.